The predicted molar refractivity (Wildman–Crippen MR) is 46.4 cm³/mol. The lowest BCUT2D eigenvalue weighted by Crippen LogP contribution is -2.00. The highest BCUT2D eigenvalue weighted by molar-refractivity contribution is 5.66. The lowest BCUT2D eigenvalue weighted by molar-refractivity contribution is 0.344. The van der Waals surface area contributed by atoms with Gasteiger partial charge in [-0.3, -0.25) is 0 Å². The van der Waals surface area contributed by atoms with Gasteiger partial charge in [-0.1, -0.05) is 6.07 Å². The third-order valence-electron chi connectivity index (χ3n) is 1.36. The molecule has 0 spiro atoms. The van der Waals surface area contributed by atoms with Crippen molar-refractivity contribution in [2.45, 2.75) is 6.92 Å². The summed E-state index contributed by atoms with van der Waals surface area (Å²) < 4.78 is 5.22. The van der Waals surface area contributed by atoms with Gasteiger partial charge in [-0.2, -0.15) is 0 Å². The summed E-state index contributed by atoms with van der Waals surface area (Å²) in [7, 11) is 0. The van der Waals surface area contributed by atoms with E-state index in [0.29, 0.717) is 23.7 Å². The topological polar surface area (TPSA) is 61.3 Å². The molecule has 1 rings (SSSR count). The molecule has 11 heavy (non-hydrogen) atoms. The zero-order valence-electron chi connectivity index (χ0n) is 6.50. The first-order valence-electron chi connectivity index (χ1n) is 3.52. The van der Waals surface area contributed by atoms with Gasteiger partial charge in [0.2, 0.25) is 0 Å². The van der Waals surface area contributed by atoms with Crippen LogP contribution in [0.5, 0.6) is 5.75 Å². The molecule has 60 valence electrons. The lowest BCUT2D eigenvalue weighted by atomic mass is 10.2. The average Bonchev–Trinajstić information content (AvgIpc) is 1.97. The summed E-state index contributed by atoms with van der Waals surface area (Å²) in [4.78, 5) is 0. The van der Waals surface area contributed by atoms with E-state index in [4.69, 9.17) is 16.2 Å². The van der Waals surface area contributed by atoms with Crippen molar-refractivity contribution in [1.82, 2.24) is 0 Å². The van der Waals surface area contributed by atoms with Crippen LogP contribution in [-0.2, 0) is 0 Å². The van der Waals surface area contributed by atoms with Crippen molar-refractivity contribution in [1.29, 1.82) is 0 Å². The van der Waals surface area contributed by atoms with E-state index in [0.717, 1.165) is 0 Å². The number of nitrogen functional groups attached to an aromatic ring is 2. The van der Waals surface area contributed by atoms with E-state index in [1.54, 1.807) is 18.2 Å². The Morgan fingerprint density at radius 1 is 1.27 bits per heavy atom. The van der Waals surface area contributed by atoms with Crippen LogP contribution in [0.2, 0.25) is 0 Å². The first-order chi connectivity index (χ1) is 5.25. The van der Waals surface area contributed by atoms with Crippen LogP contribution in [0.3, 0.4) is 0 Å². The van der Waals surface area contributed by atoms with Crippen LogP contribution in [0.4, 0.5) is 11.4 Å². The van der Waals surface area contributed by atoms with Crippen molar-refractivity contribution in [3.8, 4) is 5.75 Å². The molecule has 3 heteroatoms. The number of ether oxygens (including phenoxy) is 1. The summed E-state index contributed by atoms with van der Waals surface area (Å²) >= 11 is 0. The van der Waals surface area contributed by atoms with Gasteiger partial charge in [-0.25, -0.2) is 0 Å². The highest BCUT2D eigenvalue weighted by atomic mass is 16.5. The van der Waals surface area contributed by atoms with E-state index >= 15 is 0 Å². The maximum atomic E-state index is 5.60. The van der Waals surface area contributed by atoms with Gasteiger partial charge in [-0.05, 0) is 19.1 Å². The fourth-order valence-corrected chi connectivity index (χ4v) is 0.884. The van der Waals surface area contributed by atoms with Gasteiger partial charge < -0.3 is 16.2 Å². The Kier molecular flexibility index (Phi) is 2.21. The molecule has 0 unspecified atom stereocenters. The van der Waals surface area contributed by atoms with Crippen molar-refractivity contribution in [2.24, 2.45) is 0 Å². The molecule has 0 saturated carbocycles. The van der Waals surface area contributed by atoms with Gasteiger partial charge in [0, 0.05) is 0 Å². The Hall–Kier alpha value is -1.38. The van der Waals surface area contributed by atoms with Gasteiger partial charge in [-0.15, -0.1) is 0 Å². The van der Waals surface area contributed by atoms with Crippen molar-refractivity contribution in [3.63, 3.8) is 0 Å². The molecule has 0 saturated heterocycles. The second-order valence-electron chi connectivity index (χ2n) is 2.20. The van der Waals surface area contributed by atoms with Crippen molar-refractivity contribution in [3.05, 3.63) is 18.2 Å². The number of hydrogen-bond donors (Lipinski definition) is 2. The number of rotatable bonds is 2. The van der Waals surface area contributed by atoms with Gasteiger partial charge in [0.15, 0.2) is 5.75 Å². The molecule has 0 amide bonds. The number of para-hydroxylation sites is 1. The molecule has 0 aliphatic rings. The van der Waals surface area contributed by atoms with Crippen LogP contribution in [0.15, 0.2) is 18.2 Å². The molecule has 0 aliphatic heterocycles. The molecule has 0 radical (unpaired) electrons. The van der Waals surface area contributed by atoms with Crippen molar-refractivity contribution >= 4 is 11.4 Å². The first kappa shape index (κ1) is 7.72. The minimum absolute atomic E-state index is 0.582. The third kappa shape index (κ3) is 1.55. The molecule has 3 nitrogen and oxygen atoms in total. The highest BCUT2D eigenvalue weighted by Gasteiger charge is 2.01. The number of anilines is 2. The van der Waals surface area contributed by atoms with Crippen molar-refractivity contribution < 1.29 is 4.74 Å². The maximum absolute atomic E-state index is 5.60. The summed E-state index contributed by atoms with van der Waals surface area (Å²) in [5, 5.41) is 0. The van der Waals surface area contributed by atoms with E-state index in [2.05, 4.69) is 0 Å². The summed E-state index contributed by atoms with van der Waals surface area (Å²) in [6, 6.07) is 5.33. The maximum Gasteiger partial charge on any atom is 0.164 e. The molecule has 0 aliphatic carbocycles. The quantitative estimate of drug-likeness (QED) is 0.627. The first-order valence-corrected chi connectivity index (χ1v) is 3.52. The molecular weight excluding hydrogens is 140 g/mol. The molecule has 1 aromatic rings. The minimum Gasteiger partial charge on any atom is -0.490 e. The van der Waals surface area contributed by atoms with Crippen LogP contribution >= 0.6 is 0 Å². The predicted octanol–water partition coefficient (Wildman–Crippen LogP) is 1.25. The molecular formula is C8H12N2O. The van der Waals surface area contributed by atoms with Crippen LogP contribution in [0.1, 0.15) is 6.92 Å². The lowest BCUT2D eigenvalue weighted by Gasteiger charge is -2.08. The minimum atomic E-state index is 0.582. The molecule has 1 aromatic carbocycles. The Balaban J connectivity index is 3.00. The van der Waals surface area contributed by atoms with Gasteiger partial charge in [0.05, 0.1) is 18.0 Å². The van der Waals surface area contributed by atoms with Crippen LogP contribution in [-0.4, -0.2) is 6.61 Å². The summed E-state index contributed by atoms with van der Waals surface area (Å²) in [5.74, 6) is 0.593. The number of nitrogens with two attached hydrogens (primary N) is 2. The molecule has 0 fully saturated rings. The van der Waals surface area contributed by atoms with Gasteiger partial charge in [0.1, 0.15) is 0 Å². The Bertz CT molecular complexity index is 228. The van der Waals surface area contributed by atoms with E-state index < -0.39 is 0 Å². The molecule has 0 heterocycles. The fourth-order valence-electron chi connectivity index (χ4n) is 0.884. The molecule has 0 atom stereocenters. The van der Waals surface area contributed by atoms with E-state index in [1.165, 1.54) is 0 Å². The third-order valence-corrected chi connectivity index (χ3v) is 1.36. The summed E-state index contributed by atoms with van der Waals surface area (Å²) in [6.07, 6.45) is 0. The normalized spacial score (nSPS) is 9.55. The van der Waals surface area contributed by atoms with E-state index in [1.807, 2.05) is 6.92 Å². The smallest absolute Gasteiger partial charge is 0.164 e. The monoisotopic (exact) mass is 152 g/mol. The summed E-state index contributed by atoms with van der Waals surface area (Å²) in [5.41, 5.74) is 12.4. The Morgan fingerprint density at radius 2 is 1.82 bits per heavy atom. The Morgan fingerprint density at radius 3 is 2.27 bits per heavy atom. The Labute approximate surface area is 66.0 Å². The van der Waals surface area contributed by atoms with Gasteiger partial charge in [0.25, 0.3) is 0 Å². The number of benzene rings is 1. The van der Waals surface area contributed by atoms with Crippen LogP contribution in [0.25, 0.3) is 0 Å². The van der Waals surface area contributed by atoms with Crippen molar-refractivity contribution in [2.75, 3.05) is 18.1 Å². The van der Waals surface area contributed by atoms with E-state index in [-0.39, 0.29) is 0 Å². The largest absolute Gasteiger partial charge is 0.490 e. The number of hydrogen-bond acceptors (Lipinski definition) is 3. The van der Waals surface area contributed by atoms with Crippen LogP contribution in [0, 0.1) is 0 Å². The highest BCUT2D eigenvalue weighted by Crippen LogP contribution is 2.27. The second-order valence-corrected chi connectivity index (χ2v) is 2.20. The average molecular weight is 152 g/mol. The zero-order valence-corrected chi connectivity index (χ0v) is 6.50. The summed E-state index contributed by atoms with van der Waals surface area (Å²) in [6.45, 7) is 2.48. The second kappa shape index (κ2) is 3.14. The zero-order chi connectivity index (χ0) is 8.27. The van der Waals surface area contributed by atoms with E-state index in [9.17, 15) is 0 Å². The fraction of sp³-hybridized carbons (Fsp3) is 0.250. The molecule has 0 aromatic heterocycles. The van der Waals surface area contributed by atoms with Gasteiger partial charge >= 0.3 is 0 Å². The SMILES string of the molecule is CCOc1c(N)cccc1N. The molecule has 4 N–H and O–H groups in total. The molecule has 0 bridgehead atoms. The standard InChI is InChI=1S/C8H12N2O/c1-2-11-8-6(9)4-3-5-7(8)10/h3-5H,2,9-10H2,1H3. The van der Waals surface area contributed by atoms with Crippen LogP contribution < -0.4 is 16.2 Å².